The molecule has 1 amide bonds. The summed E-state index contributed by atoms with van der Waals surface area (Å²) in [7, 11) is 0. The van der Waals surface area contributed by atoms with Gasteiger partial charge in [0, 0.05) is 43.5 Å². The minimum atomic E-state index is -0.218. The van der Waals surface area contributed by atoms with Gasteiger partial charge in [0.25, 0.3) is 0 Å². The first kappa shape index (κ1) is 18.2. The van der Waals surface area contributed by atoms with Gasteiger partial charge < -0.3 is 9.88 Å². The van der Waals surface area contributed by atoms with Crippen molar-refractivity contribution in [2.45, 2.75) is 70.2 Å². The van der Waals surface area contributed by atoms with Crippen molar-refractivity contribution >= 4 is 5.91 Å². The smallest absolute Gasteiger partial charge is 0.220 e. The third kappa shape index (κ3) is 3.76. The molecule has 3 atom stereocenters. The van der Waals surface area contributed by atoms with Gasteiger partial charge in [-0.05, 0) is 43.9 Å². The highest BCUT2D eigenvalue weighted by Gasteiger charge is 2.43. The largest absolute Gasteiger partial charge is 0.352 e. The lowest BCUT2D eigenvalue weighted by Gasteiger charge is -2.32. The number of aromatic nitrogens is 2. The fourth-order valence-electron chi connectivity index (χ4n) is 4.62. The Balaban J connectivity index is 1.66. The van der Waals surface area contributed by atoms with Crippen LogP contribution in [0.1, 0.15) is 56.5 Å². The van der Waals surface area contributed by atoms with Crippen LogP contribution in [0.4, 0.5) is 4.39 Å². The number of carbonyl (C=O) groups is 1. The average molecular weight is 370 g/mol. The number of rotatable bonds is 4. The van der Waals surface area contributed by atoms with Gasteiger partial charge in [-0.25, -0.2) is 9.37 Å². The average Bonchev–Trinajstić information content (AvgIpc) is 3.23. The number of fused-ring (bicyclic) bond motifs is 1. The van der Waals surface area contributed by atoms with Gasteiger partial charge in [0.15, 0.2) is 0 Å². The Labute approximate surface area is 159 Å². The molecule has 144 valence electrons. The number of benzene rings is 1. The highest BCUT2D eigenvalue weighted by Crippen LogP contribution is 2.40. The van der Waals surface area contributed by atoms with Crippen LogP contribution < -0.4 is 5.32 Å². The van der Waals surface area contributed by atoms with Gasteiger partial charge in [-0.2, -0.15) is 0 Å². The second-order valence-electron chi connectivity index (χ2n) is 7.59. The van der Waals surface area contributed by atoms with Crippen LogP contribution in [0.25, 0.3) is 0 Å². The molecule has 3 heterocycles. The molecule has 1 N–H and O–H groups in total. The molecule has 0 saturated carbocycles. The van der Waals surface area contributed by atoms with E-state index in [0.29, 0.717) is 6.42 Å². The molecule has 2 aromatic rings. The summed E-state index contributed by atoms with van der Waals surface area (Å²) >= 11 is 0. The Morgan fingerprint density at radius 2 is 2.07 bits per heavy atom. The first-order valence-corrected chi connectivity index (χ1v) is 9.96. The molecule has 0 unspecified atom stereocenters. The van der Waals surface area contributed by atoms with Crippen LogP contribution >= 0.6 is 0 Å². The van der Waals surface area contributed by atoms with E-state index in [2.05, 4.69) is 26.7 Å². The van der Waals surface area contributed by atoms with Crippen LogP contribution in [0.15, 0.2) is 36.7 Å². The van der Waals surface area contributed by atoms with E-state index < -0.39 is 0 Å². The summed E-state index contributed by atoms with van der Waals surface area (Å²) in [6, 6.07) is 7.38. The maximum atomic E-state index is 13.4. The van der Waals surface area contributed by atoms with Crippen molar-refractivity contribution in [3.63, 3.8) is 0 Å². The number of halogens is 1. The van der Waals surface area contributed by atoms with E-state index in [0.717, 1.165) is 50.2 Å². The van der Waals surface area contributed by atoms with Gasteiger partial charge in [0.1, 0.15) is 11.6 Å². The van der Waals surface area contributed by atoms with Crippen LogP contribution in [-0.4, -0.2) is 32.4 Å². The molecular weight excluding hydrogens is 343 g/mol. The minimum absolute atomic E-state index is 0.137. The molecule has 2 fully saturated rings. The third-order valence-corrected chi connectivity index (χ3v) is 5.99. The van der Waals surface area contributed by atoms with Crippen molar-refractivity contribution in [2.75, 3.05) is 0 Å². The molecule has 0 bridgehead atoms. The summed E-state index contributed by atoms with van der Waals surface area (Å²) in [5.74, 6) is 0.974. The van der Waals surface area contributed by atoms with E-state index in [1.807, 2.05) is 24.5 Å². The molecule has 6 heteroatoms. The molecule has 1 aromatic heterocycles. The van der Waals surface area contributed by atoms with Crippen molar-refractivity contribution in [3.8, 4) is 0 Å². The van der Waals surface area contributed by atoms with Crippen LogP contribution in [0.2, 0.25) is 0 Å². The number of nitrogens with one attached hydrogen (secondary N) is 1. The Kier molecular flexibility index (Phi) is 5.25. The minimum Gasteiger partial charge on any atom is -0.352 e. The van der Waals surface area contributed by atoms with Crippen LogP contribution in [0.3, 0.4) is 0 Å². The summed E-state index contributed by atoms with van der Waals surface area (Å²) in [5, 5.41) is 3.25. The normalized spacial score (nSPS) is 26.3. The van der Waals surface area contributed by atoms with Crippen LogP contribution in [0.5, 0.6) is 0 Å². The van der Waals surface area contributed by atoms with Crippen molar-refractivity contribution < 1.29 is 9.18 Å². The predicted octanol–water partition coefficient (Wildman–Crippen LogP) is 3.42. The number of nitrogens with zero attached hydrogens (tertiary/aromatic N) is 3. The SMILES string of the molecule is CCn1ccnc1CN1[C@H](c2ccc(F)cc2)C[C@H]2NC(=O)CCCC[C@@H]21. The maximum Gasteiger partial charge on any atom is 0.220 e. The predicted molar refractivity (Wildman–Crippen MR) is 101 cm³/mol. The number of hydrogen-bond acceptors (Lipinski definition) is 3. The van der Waals surface area contributed by atoms with Crippen molar-refractivity contribution in [2.24, 2.45) is 0 Å². The van der Waals surface area contributed by atoms with Crippen molar-refractivity contribution in [1.82, 2.24) is 19.8 Å². The summed E-state index contributed by atoms with van der Waals surface area (Å²) in [6.45, 7) is 3.74. The Hall–Kier alpha value is -2.21. The quantitative estimate of drug-likeness (QED) is 0.897. The molecule has 2 aliphatic rings. The first-order valence-electron chi connectivity index (χ1n) is 9.96. The molecule has 0 radical (unpaired) electrons. The highest BCUT2D eigenvalue weighted by molar-refractivity contribution is 5.76. The van der Waals surface area contributed by atoms with E-state index in [9.17, 15) is 9.18 Å². The number of aryl methyl sites for hydroxylation is 1. The Bertz CT molecular complexity index is 788. The molecule has 1 aromatic carbocycles. The van der Waals surface area contributed by atoms with E-state index in [4.69, 9.17) is 0 Å². The van der Waals surface area contributed by atoms with E-state index in [1.54, 1.807) is 0 Å². The van der Waals surface area contributed by atoms with E-state index in [-0.39, 0.29) is 29.8 Å². The summed E-state index contributed by atoms with van der Waals surface area (Å²) in [6.07, 6.45) is 8.39. The summed E-state index contributed by atoms with van der Waals surface area (Å²) < 4.78 is 15.6. The van der Waals surface area contributed by atoms with E-state index in [1.165, 1.54) is 12.1 Å². The third-order valence-electron chi connectivity index (χ3n) is 5.99. The van der Waals surface area contributed by atoms with Gasteiger partial charge in [-0.15, -0.1) is 0 Å². The van der Waals surface area contributed by atoms with Crippen LogP contribution in [0, 0.1) is 5.82 Å². The molecule has 5 nitrogen and oxygen atoms in total. The second-order valence-corrected chi connectivity index (χ2v) is 7.59. The maximum absolute atomic E-state index is 13.4. The van der Waals surface area contributed by atoms with E-state index >= 15 is 0 Å². The number of likely N-dealkylation sites (tertiary alicyclic amines) is 1. The topological polar surface area (TPSA) is 50.2 Å². The van der Waals surface area contributed by atoms with Crippen molar-refractivity contribution in [1.29, 1.82) is 0 Å². The standard InChI is InChI=1S/C21H27FN4O/c1-2-25-12-11-23-20(25)14-26-18-5-3-4-6-21(27)24-17(18)13-19(26)15-7-9-16(22)10-8-15/h7-12,17-19H,2-6,13-14H2,1H3,(H,24,27)/t17-,18+,19+/m1/s1. The summed E-state index contributed by atoms with van der Waals surface area (Å²) in [5.41, 5.74) is 1.10. The molecular formula is C21H27FN4O. The Morgan fingerprint density at radius 3 is 2.85 bits per heavy atom. The van der Waals surface area contributed by atoms with Gasteiger partial charge >= 0.3 is 0 Å². The fourth-order valence-corrected chi connectivity index (χ4v) is 4.62. The number of carbonyl (C=O) groups excluding carboxylic acids is 1. The lowest BCUT2D eigenvalue weighted by molar-refractivity contribution is -0.122. The zero-order valence-electron chi connectivity index (χ0n) is 15.8. The highest BCUT2D eigenvalue weighted by atomic mass is 19.1. The Morgan fingerprint density at radius 1 is 1.26 bits per heavy atom. The number of hydrogen-bond donors (Lipinski definition) is 1. The van der Waals surface area contributed by atoms with Gasteiger partial charge in [0.05, 0.1) is 6.54 Å². The van der Waals surface area contributed by atoms with Gasteiger partial charge in [0.2, 0.25) is 5.91 Å². The molecule has 2 saturated heterocycles. The lowest BCUT2D eigenvalue weighted by atomic mass is 9.97. The zero-order valence-corrected chi connectivity index (χ0v) is 15.8. The monoisotopic (exact) mass is 370 g/mol. The molecule has 27 heavy (non-hydrogen) atoms. The number of imidazole rings is 1. The molecule has 0 aliphatic carbocycles. The molecule has 4 rings (SSSR count). The number of amides is 1. The lowest BCUT2D eigenvalue weighted by Crippen LogP contribution is -2.46. The zero-order chi connectivity index (χ0) is 18.8. The fraction of sp³-hybridized carbons (Fsp3) is 0.524. The van der Waals surface area contributed by atoms with Gasteiger partial charge in [-0.1, -0.05) is 18.6 Å². The second kappa shape index (κ2) is 7.80. The van der Waals surface area contributed by atoms with Crippen molar-refractivity contribution in [3.05, 3.63) is 53.9 Å². The molecule has 0 spiro atoms. The van der Waals surface area contributed by atoms with Gasteiger partial charge in [-0.3, -0.25) is 9.69 Å². The van der Waals surface area contributed by atoms with Crippen LogP contribution in [-0.2, 0) is 17.9 Å². The first-order chi connectivity index (χ1) is 13.2. The summed E-state index contributed by atoms with van der Waals surface area (Å²) in [4.78, 5) is 19.2. The molecule has 2 aliphatic heterocycles.